The molecule has 1 aliphatic carbocycles. The van der Waals surface area contributed by atoms with Gasteiger partial charge in [-0.15, -0.1) is 0 Å². The molecule has 1 aromatic rings. The van der Waals surface area contributed by atoms with E-state index in [9.17, 15) is 9.82 Å². The first-order chi connectivity index (χ1) is 8.65. The molecule has 6 heteroatoms. The van der Waals surface area contributed by atoms with Crippen molar-refractivity contribution in [1.29, 1.82) is 0 Å². The molecule has 1 aromatic carbocycles. The van der Waals surface area contributed by atoms with Crippen LogP contribution in [0.25, 0.3) is 0 Å². The number of carbonyl (C=O) groups excluding carboxylic acids is 1. The van der Waals surface area contributed by atoms with E-state index in [0.717, 1.165) is 18.4 Å². The summed E-state index contributed by atoms with van der Waals surface area (Å²) < 4.78 is 10.2. The van der Waals surface area contributed by atoms with Crippen LogP contribution in [-0.2, 0) is 16.0 Å². The molecule has 0 radical (unpaired) electrons. The summed E-state index contributed by atoms with van der Waals surface area (Å²) >= 11 is 6.04. The smallest absolute Gasteiger partial charge is 0.462 e. The molecule has 3 rings (SSSR count). The van der Waals surface area contributed by atoms with E-state index in [4.69, 9.17) is 21.0 Å². The summed E-state index contributed by atoms with van der Waals surface area (Å²) in [7, 11) is -0.979. The molecule has 1 saturated carbocycles. The fourth-order valence-electron chi connectivity index (χ4n) is 1.96. The largest absolute Gasteiger partial charge is 0.491 e. The van der Waals surface area contributed by atoms with Crippen LogP contribution in [0.5, 0.6) is 0 Å². The number of halogens is 1. The maximum atomic E-state index is 11.9. The van der Waals surface area contributed by atoms with Crippen LogP contribution in [0.1, 0.15) is 28.8 Å². The number of rotatable bonds is 3. The van der Waals surface area contributed by atoms with Crippen LogP contribution in [-0.4, -0.2) is 24.7 Å². The minimum absolute atomic E-state index is 0.292. The molecular weight excluding hydrogens is 254 g/mol. The molecular formula is C12H12BClO4. The van der Waals surface area contributed by atoms with E-state index < -0.39 is 13.1 Å². The van der Waals surface area contributed by atoms with Crippen molar-refractivity contribution in [2.45, 2.75) is 19.4 Å². The zero-order chi connectivity index (χ0) is 12.7. The zero-order valence-corrected chi connectivity index (χ0v) is 10.4. The summed E-state index contributed by atoms with van der Waals surface area (Å²) in [6.45, 7) is 0.763. The van der Waals surface area contributed by atoms with E-state index in [2.05, 4.69) is 0 Å². The van der Waals surface area contributed by atoms with Crippen LogP contribution in [0.4, 0.5) is 0 Å². The number of carbonyl (C=O) groups is 1. The van der Waals surface area contributed by atoms with Crippen molar-refractivity contribution in [3.8, 4) is 0 Å². The van der Waals surface area contributed by atoms with Gasteiger partial charge in [0.2, 0.25) is 0 Å². The maximum Gasteiger partial charge on any atom is 0.491 e. The molecule has 1 N–H and O–H groups in total. The minimum Gasteiger partial charge on any atom is -0.462 e. The lowest BCUT2D eigenvalue weighted by molar-refractivity contribution is 0.0486. The lowest BCUT2D eigenvalue weighted by Crippen LogP contribution is -2.29. The Labute approximate surface area is 110 Å². The number of hydrogen-bond acceptors (Lipinski definition) is 4. The van der Waals surface area contributed by atoms with Gasteiger partial charge in [0.25, 0.3) is 0 Å². The van der Waals surface area contributed by atoms with Crippen molar-refractivity contribution in [3.63, 3.8) is 0 Å². The second kappa shape index (κ2) is 4.57. The molecule has 2 aliphatic rings. The summed E-state index contributed by atoms with van der Waals surface area (Å²) in [6.07, 6.45) is 2.25. The Morgan fingerprint density at radius 2 is 2.33 bits per heavy atom. The lowest BCUT2D eigenvalue weighted by Gasteiger charge is -2.07. The lowest BCUT2D eigenvalue weighted by atomic mass is 9.79. The third-order valence-electron chi connectivity index (χ3n) is 3.26. The minimum atomic E-state index is -0.979. The molecule has 0 spiro atoms. The summed E-state index contributed by atoms with van der Waals surface area (Å²) in [5, 5.41) is 9.93. The molecule has 4 nitrogen and oxygen atoms in total. The Kier molecular flexibility index (Phi) is 3.05. The fourth-order valence-corrected chi connectivity index (χ4v) is 2.22. The molecule has 1 heterocycles. The van der Waals surface area contributed by atoms with Crippen LogP contribution in [0, 0.1) is 5.92 Å². The molecule has 0 bridgehead atoms. The molecule has 1 fully saturated rings. The van der Waals surface area contributed by atoms with Crippen molar-refractivity contribution < 1.29 is 19.2 Å². The molecule has 0 amide bonds. The van der Waals surface area contributed by atoms with Gasteiger partial charge in [-0.3, -0.25) is 0 Å². The Balaban J connectivity index is 1.82. The first-order valence-electron chi connectivity index (χ1n) is 5.94. The van der Waals surface area contributed by atoms with Crippen molar-refractivity contribution in [2.75, 3.05) is 6.61 Å². The average molecular weight is 266 g/mol. The highest BCUT2D eigenvalue weighted by atomic mass is 35.5. The zero-order valence-electron chi connectivity index (χ0n) is 9.69. The standard InChI is InChI=1S/C12H12BClO4/c14-11-3-8-6-18-13(16)10(8)4-9(11)12(15)17-5-7-1-2-7/h3-4,7,16H,1-2,5-6H2. The highest BCUT2D eigenvalue weighted by Gasteiger charge is 2.30. The SMILES string of the molecule is O=C(OCC1CC1)c1cc2c(cc1Cl)COB2O. The Hall–Kier alpha value is -1.04. The molecule has 0 saturated heterocycles. The van der Waals surface area contributed by atoms with Crippen LogP contribution < -0.4 is 5.46 Å². The summed E-state index contributed by atoms with van der Waals surface area (Å²) in [5.41, 5.74) is 1.70. The summed E-state index contributed by atoms with van der Waals surface area (Å²) in [5.74, 6) is 0.0740. The van der Waals surface area contributed by atoms with Gasteiger partial charge in [-0.2, -0.15) is 0 Å². The Morgan fingerprint density at radius 1 is 1.56 bits per heavy atom. The second-order valence-electron chi connectivity index (χ2n) is 4.74. The molecule has 0 unspecified atom stereocenters. The number of benzene rings is 1. The third kappa shape index (κ3) is 2.26. The quantitative estimate of drug-likeness (QED) is 0.658. The van der Waals surface area contributed by atoms with E-state index in [0.29, 0.717) is 35.2 Å². The molecule has 1 aliphatic heterocycles. The fraction of sp³-hybridized carbons (Fsp3) is 0.417. The summed E-state index contributed by atoms with van der Waals surface area (Å²) in [4.78, 5) is 11.9. The van der Waals surface area contributed by atoms with Crippen LogP contribution in [0.3, 0.4) is 0 Å². The summed E-state index contributed by atoms with van der Waals surface area (Å²) in [6, 6.07) is 3.21. The number of hydrogen-bond donors (Lipinski definition) is 1. The van der Waals surface area contributed by atoms with Gasteiger partial charge in [-0.05, 0) is 41.9 Å². The van der Waals surface area contributed by atoms with Crippen molar-refractivity contribution in [2.24, 2.45) is 5.92 Å². The van der Waals surface area contributed by atoms with Gasteiger partial charge < -0.3 is 14.4 Å². The van der Waals surface area contributed by atoms with Crippen LogP contribution >= 0.6 is 11.6 Å². The number of fused-ring (bicyclic) bond motifs is 1. The maximum absolute atomic E-state index is 11.9. The molecule has 0 atom stereocenters. The Bertz CT molecular complexity index is 501. The van der Waals surface area contributed by atoms with Crippen molar-refractivity contribution in [3.05, 3.63) is 28.3 Å². The second-order valence-corrected chi connectivity index (χ2v) is 5.14. The van der Waals surface area contributed by atoms with E-state index >= 15 is 0 Å². The van der Waals surface area contributed by atoms with E-state index in [1.54, 1.807) is 12.1 Å². The van der Waals surface area contributed by atoms with Crippen LogP contribution in [0.2, 0.25) is 5.02 Å². The van der Waals surface area contributed by atoms with E-state index in [-0.39, 0.29) is 0 Å². The predicted octanol–water partition coefficient (Wildman–Crippen LogP) is 1.12. The van der Waals surface area contributed by atoms with Gasteiger partial charge in [0, 0.05) is 0 Å². The highest BCUT2D eigenvalue weighted by molar-refractivity contribution is 6.61. The van der Waals surface area contributed by atoms with Gasteiger partial charge in [0.05, 0.1) is 23.8 Å². The number of esters is 1. The number of ether oxygens (including phenoxy) is 1. The van der Waals surface area contributed by atoms with Crippen LogP contribution in [0.15, 0.2) is 12.1 Å². The van der Waals surface area contributed by atoms with Gasteiger partial charge in [-0.1, -0.05) is 11.6 Å². The van der Waals surface area contributed by atoms with Gasteiger partial charge >= 0.3 is 13.1 Å². The first-order valence-corrected chi connectivity index (χ1v) is 6.32. The first kappa shape index (κ1) is 12.0. The Morgan fingerprint density at radius 3 is 3.06 bits per heavy atom. The van der Waals surface area contributed by atoms with Crippen molar-refractivity contribution in [1.82, 2.24) is 0 Å². The molecule has 94 valence electrons. The van der Waals surface area contributed by atoms with Crippen molar-refractivity contribution >= 4 is 30.2 Å². The van der Waals surface area contributed by atoms with E-state index in [1.807, 2.05) is 0 Å². The molecule has 18 heavy (non-hydrogen) atoms. The van der Waals surface area contributed by atoms with Gasteiger partial charge in [0.15, 0.2) is 0 Å². The molecule has 0 aromatic heterocycles. The van der Waals surface area contributed by atoms with Gasteiger partial charge in [-0.25, -0.2) is 4.79 Å². The predicted molar refractivity (Wildman–Crippen MR) is 66.9 cm³/mol. The van der Waals surface area contributed by atoms with E-state index in [1.165, 1.54) is 0 Å². The normalized spacial score (nSPS) is 17.8. The highest BCUT2D eigenvalue weighted by Crippen LogP contribution is 2.29. The third-order valence-corrected chi connectivity index (χ3v) is 3.57. The monoisotopic (exact) mass is 266 g/mol. The average Bonchev–Trinajstić information content (AvgIpc) is 3.11. The van der Waals surface area contributed by atoms with Gasteiger partial charge in [0.1, 0.15) is 0 Å². The topological polar surface area (TPSA) is 55.8 Å².